The predicted octanol–water partition coefficient (Wildman–Crippen LogP) is 4.23. The van der Waals surface area contributed by atoms with Crippen molar-refractivity contribution in [2.75, 3.05) is 11.9 Å². The summed E-state index contributed by atoms with van der Waals surface area (Å²) in [6.07, 6.45) is 7.55. The molecule has 1 saturated carbocycles. The SMILES string of the molecule is Cl.N#Cc1c2c(c(N[C@@H]3CCCC[C@H]3CO)n3c1nc1ccccc13)CCC2. The summed E-state index contributed by atoms with van der Waals surface area (Å²) in [6, 6.07) is 10.8. The molecular weight excluding hydrogens is 372 g/mol. The first-order valence-corrected chi connectivity index (χ1v) is 10.0. The van der Waals surface area contributed by atoms with Crippen LogP contribution in [-0.4, -0.2) is 27.1 Å². The third-order valence-electron chi connectivity index (χ3n) is 6.39. The van der Waals surface area contributed by atoms with Gasteiger partial charge in [0.15, 0.2) is 5.65 Å². The number of aromatic nitrogens is 2. The fourth-order valence-electron chi connectivity index (χ4n) is 5.03. The van der Waals surface area contributed by atoms with Gasteiger partial charge in [0.2, 0.25) is 0 Å². The van der Waals surface area contributed by atoms with Crippen LogP contribution in [0, 0.1) is 17.2 Å². The van der Waals surface area contributed by atoms with Crippen LogP contribution >= 0.6 is 12.4 Å². The van der Waals surface area contributed by atoms with Crippen molar-refractivity contribution in [3.05, 3.63) is 41.0 Å². The first-order valence-electron chi connectivity index (χ1n) is 10.0. The Hall–Kier alpha value is -2.29. The number of hydrogen-bond acceptors (Lipinski definition) is 4. The summed E-state index contributed by atoms with van der Waals surface area (Å²) < 4.78 is 2.15. The van der Waals surface area contributed by atoms with Gasteiger partial charge in [-0.2, -0.15) is 5.26 Å². The monoisotopic (exact) mass is 396 g/mol. The van der Waals surface area contributed by atoms with Gasteiger partial charge in [-0.3, -0.25) is 4.40 Å². The van der Waals surface area contributed by atoms with Crippen LogP contribution in [0.3, 0.4) is 0 Å². The lowest BCUT2D eigenvalue weighted by molar-refractivity contribution is 0.178. The molecule has 0 saturated heterocycles. The maximum absolute atomic E-state index is 9.86. The molecule has 0 unspecified atom stereocenters. The molecule has 2 aliphatic carbocycles. The average molecular weight is 397 g/mol. The van der Waals surface area contributed by atoms with Crippen molar-refractivity contribution in [1.82, 2.24) is 9.38 Å². The van der Waals surface area contributed by atoms with Crippen molar-refractivity contribution < 1.29 is 5.11 Å². The average Bonchev–Trinajstić information content (AvgIpc) is 3.33. The van der Waals surface area contributed by atoms with Crippen molar-refractivity contribution in [2.45, 2.75) is 51.0 Å². The number of aliphatic hydroxyl groups excluding tert-OH is 1. The van der Waals surface area contributed by atoms with Crippen LogP contribution in [-0.2, 0) is 12.8 Å². The Morgan fingerprint density at radius 1 is 1.14 bits per heavy atom. The van der Waals surface area contributed by atoms with Crippen LogP contribution in [0.2, 0.25) is 0 Å². The van der Waals surface area contributed by atoms with E-state index in [2.05, 4.69) is 21.9 Å². The minimum atomic E-state index is 0. The highest BCUT2D eigenvalue weighted by molar-refractivity contribution is 5.86. The van der Waals surface area contributed by atoms with E-state index in [9.17, 15) is 10.4 Å². The number of benzene rings is 1. The summed E-state index contributed by atoms with van der Waals surface area (Å²) in [5, 5.41) is 23.5. The van der Waals surface area contributed by atoms with Crippen molar-refractivity contribution in [3.8, 4) is 6.07 Å². The maximum Gasteiger partial charge on any atom is 0.157 e. The van der Waals surface area contributed by atoms with Gasteiger partial charge in [-0.1, -0.05) is 25.0 Å². The molecule has 0 spiro atoms. The van der Waals surface area contributed by atoms with Gasteiger partial charge < -0.3 is 10.4 Å². The van der Waals surface area contributed by atoms with Gasteiger partial charge in [-0.15, -0.1) is 12.4 Å². The van der Waals surface area contributed by atoms with E-state index in [1.165, 1.54) is 24.0 Å². The fraction of sp³-hybridized carbons (Fsp3) is 0.455. The molecule has 6 heteroatoms. The van der Waals surface area contributed by atoms with E-state index in [1.807, 2.05) is 18.2 Å². The number of para-hydroxylation sites is 2. The van der Waals surface area contributed by atoms with Crippen molar-refractivity contribution in [1.29, 1.82) is 5.26 Å². The fourth-order valence-corrected chi connectivity index (χ4v) is 5.03. The van der Waals surface area contributed by atoms with Gasteiger partial charge in [0, 0.05) is 18.6 Å². The van der Waals surface area contributed by atoms with Crippen LogP contribution in [0.1, 0.15) is 48.8 Å². The normalized spacial score (nSPS) is 21.3. The van der Waals surface area contributed by atoms with Crippen molar-refractivity contribution in [3.63, 3.8) is 0 Å². The minimum absolute atomic E-state index is 0. The second-order valence-electron chi connectivity index (χ2n) is 7.88. The number of rotatable bonds is 3. The van der Waals surface area contributed by atoms with Gasteiger partial charge in [0.25, 0.3) is 0 Å². The van der Waals surface area contributed by atoms with Gasteiger partial charge in [0.1, 0.15) is 11.9 Å². The van der Waals surface area contributed by atoms with E-state index < -0.39 is 0 Å². The number of hydrogen-bond donors (Lipinski definition) is 2. The summed E-state index contributed by atoms with van der Waals surface area (Å²) in [7, 11) is 0. The van der Waals surface area contributed by atoms with Crippen LogP contribution in [0.4, 0.5) is 5.82 Å². The molecule has 3 aromatic rings. The highest BCUT2D eigenvalue weighted by Gasteiger charge is 2.30. The zero-order chi connectivity index (χ0) is 18.4. The number of nitrogens with zero attached hydrogens (tertiary/aromatic N) is 3. The number of anilines is 1. The third kappa shape index (κ3) is 2.83. The molecule has 5 rings (SSSR count). The molecule has 0 amide bonds. The smallest absolute Gasteiger partial charge is 0.157 e. The van der Waals surface area contributed by atoms with E-state index >= 15 is 0 Å². The molecular formula is C22H25ClN4O. The molecule has 2 aliphatic rings. The molecule has 2 heterocycles. The van der Waals surface area contributed by atoms with E-state index in [4.69, 9.17) is 4.98 Å². The van der Waals surface area contributed by atoms with E-state index in [0.717, 1.165) is 60.2 Å². The van der Waals surface area contributed by atoms with Crippen LogP contribution in [0.25, 0.3) is 16.7 Å². The summed E-state index contributed by atoms with van der Waals surface area (Å²) >= 11 is 0. The number of imidazole rings is 1. The molecule has 5 nitrogen and oxygen atoms in total. The topological polar surface area (TPSA) is 73.3 Å². The molecule has 1 aromatic carbocycles. The number of nitrogens with one attached hydrogen (secondary N) is 1. The Morgan fingerprint density at radius 3 is 2.75 bits per heavy atom. The van der Waals surface area contributed by atoms with Crippen LogP contribution in [0.5, 0.6) is 0 Å². The van der Waals surface area contributed by atoms with Gasteiger partial charge in [-0.05, 0) is 55.4 Å². The Labute approximate surface area is 170 Å². The quantitative estimate of drug-likeness (QED) is 0.694. The molecule has 28 heavy (non-hydrogen) atoms. The summed E-state index contributed by atoms with van der Waals surface area (Å²) in [5.41, 5.74) is 5.88. The van der Waals surface area contributed by atoms with E-state index in [0.29, 0.717) is 0 Å². The number of nitriles is 1. The molecule has 146 valence electrons. The second-order valence-corrected chi connectivity index (χ2v) is 7.88. The van der Waals surface area contributed by atoms with Crippen molar-refractivity contribution >= 4 is 34.9 Å². The lowest BCUT2D eigenvalue weighted by Crippen LogP contribution is -2.35. The summed E-state index contributed by atoms with van der Waals surface area (Å²) in [6.45, 7) is 0.226. The van der Waals surface area contributed by atoms with Crippen LogP contribution < -0.4 is 5.32 Å². The molecule has 2 atom stereocenters. The molecule has 0 aliphatic heterocycles. The van der Waals surface area contributed by atoms with Crippen LogP contribution in [0.15, 0.2) is 24.3 Å². The number of fused-ring (bicyclic) bond motifs is 4. The Kier molecular flexibility index (Phi) is 5.18. The maximum atomic E-state index is 9.86. The standard InChI is InChI=1S/C22H24N4O.ClH/c23-12-17-15-7-5-8-16(15)21(24-18-9-2-1-6-14(18)13-27)26-20-11-4-3-10-19(20)25-22(17)26;/h3-4,10-11,14,18,24,27H,1-2,5-9,13H2;1H/t14-,18+;/m0./s1. The zero-order valence-electron chi connectivity index (χ0n) is 15.8. The first-order chi connectivity index (χ1) is 13.3. The lowest BCUT2D eigenvalue weighted by Gasteiger charge is -2.32. The van der Waals surface area contributed by atoms with Gasteiger partial charge in [0.05, 0.1) is 16.6 Å². The number of aliphatic hydroxyl groups is 1. The van der Waals surface area contributed by atoms with E-state index in [-0.39, 0.29) is 31.0 Å². The first kappa shape index (κ1) is 19.0. The van der Waals surface area contributed by atoms with Gasteiger partial charge in [-0.25, -0.2) is 4.98 Å². The van der Waals surface area contributed by atoms with Crippen molar-refractivity contribution in [2.24, 2.45) is 5.92 Å². The molecule has 1 fully saturated rings. The molecule has 0 radical (unpaired) electrons. The molecule has 2 aromatic heterocycles. The lowest BCUT2D eigenvalue weighted by atomic mass is 9.85. The number of halogens is 1. The number of pyridine rings is 1. The summed E-state index contributed by atoms with van der Waals surface area (Å²) in [5.74, 6) is 1.38. The Morgan fingerprint density at radius 2 is 1.93 bits per heavy atom. The Bertz CT molecular complexity index is 1070. The third-order valence-corrected chi connectivity index (χ3v) is 6.39. The predicted molar refractivity (Wildman–Crippen MR) is 113 cm³/mol. The Balaban J connectivity index is 0.00000192. The molecule has 2 N–H and O–H groups in total. The zero-order valence-corrected chi connectivity index (χ0v) is 16.6. The highest BCUT2D eigenvalue weighted by Crippen LogP contribution is 2.38. The minimum Gasteiger partial charge on any atom is -0.396 e. The summed E-state index contributed by atoms with van der Waals surface area (Å²) in [4.78, 5) is 4.81. The van der Waals surface area contributed by atoms with E-state index in [1.54, 1.807) is 0 Å². The van der Waals surface area contributed by atoms with Gasteiger partial charge >= 0.3 is 0 Å². The largest absolute Gasteiger partial charge is 0.396 e. The second kappa shape index (κ2) is 7.62. The molecule has 0 bridgehead atoms. The highest BCUT2D eigenvalue weighted by atomic mass is 35.5.